The van der Waals surface area contributed by atoms with Crippen LogP contribution in [-0.4, -0.2) is 23.0 Å². The molecule has 1 aromatic heterocycles. The number of nitrogens with zero attached hydrogens (tertiary/aromatic N) is 1. The largest absolute Gasteiger partial charge is 0.469 e. The van der Waals surface area contributed by atoms with Gasteiger partial charge in [-0.15, -0.1) is 0 Å². The molecule has 1 heterocycles. The first-order valence-corrected chi connectivity index (χ1v) is 9.92. The third-order valence-corrected chi connectivity index (χ3v) is 5.51. The molecule has 0 aliphatic rings. The zero-order chi connectivity index (χ0) is 21.1. The molecule has 0 saturated heterocycles. The van der Waals surface area contributed by atoms with E-state index in [1.807, 2.05) is 50.2 Å². The summed E-state index contributed by atoms with van der Waals surface area (Å²) in [5.41, 5.74) is 2.21. The highest BCUT2D eigenvalue weighted by Gasteiger charge is 2.41. The van der Waals surface area contributed by atoms with Gasteiger partial charge in [-0.2, -0.15) is 0 Å². The summed E-state index contributed by atoms with van der Waals surface area (Å²) in [7, 11) is 1.42. The van der Waals surface area contributed by atoms with Gasteiger partial charge >= 0.3 is 5.97 Å². The standard InChI is InChI=1S/C25H25N3O2/c1-25(2,24(29)30-3)22(23-26-14-15-27-23)18-9-11-20(12-10-18)28-21-13-8-17-6-4-5-7-19(17)16-21/h4-16,22,28H,1-3H3,(H,26,27). The van der Waals surface area contributed by atoms with E-state index >= 15 is 0 Å². The molecule has 1 unspecified atom stereocenters. The van der Waals surface area contributed by atoms with Crippen molar-refractivity contribution in [2.45, 2.75) is 19.8 Å². The van der Waals surface area contributed by atoms with E-state index < -0.39 is 5.41 Å². The molecule has 5 heteroatoms. The minimum Gasteiger partial charge on any atom is -0.469 e. The van der Waals surface area contributed by atoms with E-state index in [1.165, 1.54) is 17.9 Å². The number of rotatable bonds is 6. The minimum absolute atomic E-state index is 0.255. The predicted molar refractivity (Wildman–Crippen MR) is 120 cm³/mol. The number of fused-ring (bicyclic) bond motifs is 1. The number of nitrogens with one attached hydrogen (secondary N) is 2. The molecule has 2 N–H and O–H groups in total. The number of anilines is 2. The van der Waals surface area contributed by atoms with E-state index in [4.69, 9.17) is 4.74 Å². The third-order valence-electron chi connectivity index (χ3n) is 5.51. The lowest BCUT2D eigenvalue weighted by Gasteiger charge is -2.31. The van der Waals surface area contributed by atoms with E-state index in [9.17, 15) is 4.79 Å². The molecule has 4 rings (SSSR count). The number of ether oxygens (including phenoxy) is 1. The number of aromatic amines is 1. The predicted octanol–water partition coefficient (Wildman–Crippen LogP) is 5.64. The third kappa shape index (κ3) is 3.79. The molecule has 152 valence electrons. The Hall–Kier alpha value is -3.60. The van der Waals surface area contributed by atoms with Gasteiger partial charge in [0.1, 0.15) is 5.82 Å². The number of imidazole rings is 1. The summed E-state index contributed by atoms with van der Waals surface area (Å²) in [6.07, 6.45) is 3.47. The molecule has 0 fully saturated rings. The van der Waals surface area contributed by atoms with Crippen molar-refractivity contribution in [3.63, 3.8) is 0 Å². The van der Waals surface area contributed by atoms with Crippen LogP contribution in [0.1, 0.15) is 31.2 Å². The minimum atomic E-state index is -0.778. The van der Waals surface area contributed by atoms with Gasteiger partial charge in [-0.1, -0.05) is 42.5 Å². The number of hydrogen-bond donors (Lipinski definition) is 2. The van der Waals surface area contributed by atoms with Crippen molar-refractivity contribution in [1.29, 1.82) is 0 Å². The first kappa shape index (κ1) is 19.7. The molecule has 0 spiro atoms. The number of hydrogen-bond acceptors (Lipinski definition) is 4. The van der Waals surface area contributed by atoms with Crippen LogP contribution in [0.15, 0.2) is 79.1 Å². The van der Waals surface area contributed by atoms with Gasteiger partial charge in [-0.3, -0.25) is 4.79 Å². The Kier molecular flexibility index (Phi) is 5.27. The molecule has 0 radical (unpaired) electrons. The Morgan fingerprint density at radius 1 is 1.00 bits per heavy atom. The number of aromatic nitrogens is 2. The molecule has 1 atom stereocenters. The normalized spacial score (nSPS) is 12.5. The highest BCUT2D eigenvalue weighted by Crippen LogP contribution is 2.40. The van der Waals surface area contributed by atoms with Crippen LogP contribution in [0.4, 0.5) is 11.4 Å². The summed E-state index contributed by atoms with van der Waals surface area (Å²) in [5, 5.41) is 5.86. The fraction of sp³-hybridized carbons (Fsp3) is 0.200. The highest BCUT2D eigenvalue weighted by atomic mass is 16.5. The van der Waals surface area contributed by atoms with Crippen molar-refractivity contribution in [1.82, 2.24) is 9.97 Å². The van der Waals surface area contributed by atoms with Crippen LogP contribution in [0.25, 0.3) is 10.8 Å². The second-order valence-corrected chi connectivity index (χ2v) is 7.93. The summed E-state index contributed by atoms with van der Waals surface area (Å²) in [4.78, 5) is 20.1. The molecule has 30 heavy (non-hydrogen) atoms. The number of H-pyrrole nitrogens is 1. The molecule has 0 amide bonds. The van der Waals surface area contributed by atoms with Crippen LogP contribution >= 0.6 is 0 Å². The number of esters is 1. The van der Waals surface area contributed by atoms with Crippen molar-refractivity contribution in [3.05, 3.63) is 90.5 Å². The van der Waals surface area contributed by atoms with Gasteiger partial charge in [-0.25, -0.2) is 4.98 Å². The zero-order valence-corrected chi connectivity index (χ0v) is 17.3. The monoisotopic (exact) mass is 399 g/mol. The molecule has 5 nitrogen and oxygen atoms in total. The van der Waals surface area contributed by atoms with Gasteiger partial charge in [0.2, 0.25) is 0 Å². The first-order chi connectivity index (χ1) is 14.5. The molecular weight excluding hydrogens is 374 g/mol. The van der Waals surface area contributed by atoms with Crippen molar-refractivity contribution in [2.75, 3.05) is 12.4 Å². The van der Waals surface area contributed by atoms with Crippen LogP contribution in [-0.2, 0) is 9.53 Å². The van der Waals surface area contributed by atoms with E-state index in [0.717, 1.165) is 22.8 Å². The maximum absolute atomic E-state index is 12.5. The quantitative estimate of drug-likeness (QED) is 0.412. The van der Waals surface area contributed by atoms with Gasteiger partial charge in [0.25, 0.3) is 0 Å². The second-order valence-electron chi connectivity index (χ2n) is 7.93. The van der Waals surface area contributed by atoms with Crippen molar-refractivity contribution < 1.29 is 9.53 Å². The van der Waals surface area contributed by atoms with Crippen molar-refractivity contribution in [2.24, 2.45) is 5.41 Å². The van der Waals surface area contributed by atoms with E-state index in [-0.39, 0.29) is 11.9 Å². The zero-order valence-electron chi connectivity index (χ0n) is 17.3. The smallest absolute Gasteiger partial charge is 0.312 e. The first-order valence-electron chi connectivity index (χ1n) is 9.92. The Bertz CT molecular complexity index is 1150. The SMILES string of the molecule is COC(=O)C(C)(C)C(c1ccc(Nc2ccc3ccccc3c2)cc1)c1ncc[nH]1. The van der Waals surface area contributed by atoms with Crippen LogP contribution in [0.2, 0.25) is 0 Å². The summed E-state index contributed by atoms with van der Waals surface area (Å²) < 4.78 is 5.06. The average molecular weight is 399 g/mol. The number of carbonyl (C=O) groups is 1. The lowest BCUT2D eigenvalue weighted by molar-refractivity contribution is -0.151. The molecular formula is C25H25N3O2. The molecule has 3 aromatic carbocycles. The van der Waals surface area contributed by atoms with Crippen LogP contribution < -0.4 is 5.32 Å². The Morgan fingerprint density at radius 3 is 2.37 bits per heavy atom. The van der Waals surface area contributed by atoms with Crippen molar-refractivity contribution in [3.8, 4) is 0 Å². The van der Waals surface area contributed by atoms with E-state index in [0.29, 0.717) is 0 Å². The maximum atomic E-state index is 12.5. The lowest BCUT2D eigenvalue weighted by atomic mass is 9.74. The van der Waals surface area contributed by atoms with Gasteiger partial charge in [-0.05, 0) is 54.4 Å². The van der Waals surface area contributed by atoms with Gasteiger partial charge in [0.15, 0.2) is 0 Å². The van der Waals surface area contributed by atoms with Crippen LogP contribution in [0.3, 0.4) is 0 Å². The summed E-state index contributed by atoms with van der Waals surface area (Å²) >= 11 is 0. The summed E-state index contributed by atoms with van der Waals surface area (Å²) in [6.45, 7) is 3.76. The second kappa shape index (κ2) is 8.03. The van der Waals surface area contributed by atoms with E-state index in [2.05, 4.69) is 45.6 Å². The molecule has 0 aliphatic carbocycles. The highest BCUT2D eigenvalue weighted by molar-refractivity contribution is 5.86. The molecule has 0 aliphatic heterocycles. The number of methoxy groups -OCH3 is 1. The Morgan fingerprint density at radius 2 is 1.70 bits per heavy atom. The van der Waals surface area contributed by atoms with Gasteiger partial charge < -0.3 is 15.0 Å². The van der Waals surface area contributed by atoms with Crippen LogP contribution in [0, 0.1) is 5.41 Å². The molecule has 4 aromatic rings. The molecule has 0 bridgehead atoms. The number of carbonyl (C=O) groups excluding carboxylic acids is 1. The summed E-state index contributed by atoms with van der Waals surface area (Å²) in [6, 6.07) is 22.7. The average Bonchev–Trinajstić information content (AvgIpc) is 3.28. The topological polar surface area (TPSA) is 67.0 Å². The van der Waals surface area contributed by atoms with Gasteiger partial charge in [0, 0.05) is 23.8 Å². The van der Waals surface area contributed by atoms with Gasteiger partial charge in [0.05, 0.1) is 18.4 Å². The van der Waals surface area contributed by atoms with E-state index in [1.54, 1.807) is 12.4 Å². The fourth-order valence-electron chi connectivity index (χ4n) is 3.93. The van der Waals surface area contributed by atoms with Crippen molar-refractivity contribution >= 4 is 28.1 Å². The number of benzene rings is 3. The Labute approximate surface area is 176 Å². The molecule has 0 saturated carbocycles. The fourth-order valence-corrected chi connectivity index (χ4v) is 3.93. The Balaban J connectivity index is 1.62. The lowest BCUT2D eigenvalue weighted by Crippen LogP contribution is -2.34. The summed E-state index contributed by atoms with van der Waals surface area (Å²) in [5.74, 6) is 0.206. The maximum Gasteiger partial charge on any atom is 0.312 e. The van der Waals surface area contributed by atoms with Crippen LogP contribution in [0.5, 0.6) is 0 Å².